The zero-order valence-electron chi connectivity index (χ0n) is 12.4. The van der Waals surface area contributed by atoms with E-state index in [4.69, 9.17) is 15.1 Å². The monoisotopic (exact) mass is 324 g/mol. The largest absolute Gasteiger partial charge is 0.488 e. The van der Waals surface area contributed by atoms with Crippen LogP contribution in [-0.2, 0) is 10.2 Å². The summed E-state index contributed by atoms with van der Waals surface area (Å²) in [5, 5.41) is 17.3. The molecule has 0 fully saturated rings. The third-order valence-electron chi connectivity index (χ3n) is 2.58. The number of anilines is 1. The lowest BCUT2D eigenvalue weighted by Gasteiger charge is -2.10. The van der Waals surface area contributed by atoms with Crippen LogP contribution in [0.1, 0.15) is 18.9 Å². The van der Waals surface area contributed by atoms with Crippen LogP contribution >= 0.6 is 0 Å². The van der Waals surface area contributed by atoms with Gasteiger partial charge >= 0.3 is 0 Å². The van der Waals surface area contributed by atoms with Crippen molar-refractivity contribution >= 4 is 15.9 Å². The standard InChI is InChI=1S/C14H20N4O3S/c1-2-8-17-9-3-4-10-21-14-7-5-6-13(12(14)11-15)18-22(16,19)20/h3-7,17-18H,2,8-10H2,1H3,(H2,16,19,20)/b4-3+. The normalized spacial score (nSPS) is 11.3. The zero-order valence-corrected chi connectivity index (χ0v) is 13.2. The average molecular weight is 324 g/mol. The van der Waals surface area contributed by atoms with Crippen LogP contribution in [0.25, 0.3) is 0 Å². The Bertz CT molecular complexity index is 651. The zero-order chi connectivity index (χ0) is 16.4. The quantitative estimate of drug-likeness (QED) is 0.464. The second-order valence-electron chi connectivity index (χ2n) is 4.42. The van der Waals surface area contributed by atoms with Crippen molar-refractivity contribution in [2.75, 3.05) is 24.4 Å². The topological polar surface area (TPSA) is 117 Å². The molecule has 22 heavy (non-hydrogen) atoms. The van der Waals surface area contributed by atoms with Gasteiger partial charge in [0, 0.05) is 6.54 Å². The molecule has 0 radical (unpaired) electrons. The number of hydrogen-bond donors (Lipinski definition) is 3. The summed E-state index contributed by atoms with van der Waals surface area (Å²) in [6.45, 7) is 4.06. The summed E-state index contributed by atoms with van der Waals surface area (Å²) in [5.74, 6) is 0.294. The van der Waals surface area contributed by atoms with E-state index in [0.717, 1.165) is 19.5 Å². The van der Waals surface area contributed by atoms with E-state index < -0.39 is 10.2 Å². The summed E-state index contributed by atoms with van der Waals surface area (Å²) in [5.41, 5.74) is 0.185. The molecule has 0 aromatic heterocycles. The number of hydrogen-bond acceptors (Lipinski definition) is 5. The van der Waals surface area contributed by atoms with E-state index in [1.807, 2.05) is 18.2 Å². The van der Waals surface area contributed by atoms with E-state index in [0.29, 0.717) is 5.75 Å². The van der Waals surface area contributed by atoms with Crippen LogP contribution in [0, 0.1) is 11.3 Å². The molecule has 0 aliphatic carbocycles. The maximum absolute atomic E-state index is 11.1. The van der Waals surface area contributed by atoms with Gasteiger partial charge in [-0.15, -0.1) is 0 Å². The first-order chi connectivity index (χ1) is 10.5. The number of benzene rings is 1. The van der Waals surface area contributed by atoms with E-state index in [-0.39, 0.29) is 17.9 Å². The smallest absolute Gasteiger partial charge is 0.296 e. The van der Waals surface area contributed by atoms with Crippen LogP contribution in [0.5, 0.6) is 5.75 Å². The number of nitriles is 1. The van der Waals surface area contributed by atoms with E-state index in [9.17, 15) is 8.42 Å². The summed E-state index contributed by atoms with van der Waals surface area (Å²) in [7, 11) is -3.94. The first-order valence-electron chi connectivity index (χ1n) is 6.80. The molecule has 0 amide bonds. The molecule has 120 valence electrons. The van der Waals surface area contributed by atoms with Crippen LogP contribution in [-0.4, -0.2) is 28.1 Å². The van der Waals surface area contributed by atoms with Crippen LogP contribution < -0.4 is 19.9 Å². The molecule has 0 unspecified atom stereocenters. The second-order valence-corrected chi connectivity index (χ2v) is 5.72. The Morgan fingerprint density at radius 3 is 2.82 bits per heavy atom. The van der Waals surface area contributed by atoms with Gasteiger partial charge in [-0.1, -0.05) is 25.1 Å². The van der Waals surface area contributed by atoms with Gasteiger partial charge in [-0.2, -0.15) is 13.7 Å². The summed E-state index contributed by atoms with van der Waals surface area (Å²) < 4.78 is 29.7. The van der Waals surface area contributed by atoms with Crippen molar-refractivity contribution in [3.05, 3.63) is 35.9 Å². The Balaban J connectivity index is 2.68. The van der Waals surface area contributed by atoms with Crippen LogP contribution in [0.15, 0.2) is 30.4 Å². The molecule has 0 saturated heterocycles. The third-order valence-corrected chi connectivity index (χ3v) is 3.09. The van der Waals surface area contributed by atoms with Gasteiger partial charge in [0.1, 0.15) is 24.0 Å². The minimum atomic E-state index is -3.94. The Kier molecular flexibility index (Phi) is 7.39. The van der Waals surface area contributed by atoms with E-state index in [1.165, 1.54) is 6.07 Å². The Labute approximate surface area is 131 Å². The lowest BCUT2D eigenvalue weighted by atomic mass is 10.2. The van der Waals surface area contributed by atoms with Gasteiger partial charge < -0.3 is 10.1 Å². The first kappa shape index (κ1) is 18.0. The van der Waals surface area contributed by atoms with Crippen LogP contribution in [0.2, 0.25) is 0 Å². The number of nitrogens with two attached hydrogens (primary N) is 1. The molecule has 4 N–H and O–H groups in total. The Hall–Kier alpha value is -2.08. The molecule has 0 atom stereocenters. The van der Waals surface area contributed by atoms with Gasteiger partial charge in [-0.05, 0) is 25.1 Å². The van der Waals surface area contributed by atoms with Crippen molar-refractivity contribution in [3.8, 4) is 11.8 Å². The predicted molar refractivity (Wildman–Crippen MR) is 85.7 cm³/mol. The first-order valence-corrected chi connectivity index (χ1v) is 8.34. The molecule has 1 rings (SSSR count). The molecule has 0 spiro atoms. The summed E-state index contributed by atoms with van der Waals surface area (Å²) >= 11 is 0. The fraction of sp³-hybridized carbons (Fsp3) is 0.357. The highest BCUT2D eigenvalue weighted by Gasteiger charge is 2.12. The maximum atomic E-state index is 11.1. The fourth-order valence-electron chi connectivity index (χ4n) is 1.66. The highest BCUT2D eigenvalue weighted by molar-refractivity contribution is 7.90. The van der Waals surface area contributed by atoms with Crippen molar-refractivity contribution < 1.29 is 13.2 Å². The number of rotatable bonds is 9. The van der Waals surface area contributed by atoms with Gasteiger partial charge in [0.05, 0.1) is 5.69 Å². The van der Waals surface area contributed by atoms with Gasteiger partial charge in [-0.3, -0.25) is 4.72 Å². The van der Waals surface area contributed by atoms with Gasteiger partial charge in [0.2, 0.25) is 0 Å². The minimum Gasteiger partial charge on any atom is -0.488 e. The number of ether oxygens (including phenoxy) is 1. The van der Waals surface area contributed by atoms with Gasteiger partial charge in [0.25, 0.3) is 10.2 Å². The molecule has 1 aromatic carbocycles. The SMILES string of the molecule is CCCNC/C=C/COc1cccc(NS(N)(=O)=O)c1C#N. The third kappa shape index (κ3) is 6.58. The summed E-state index contributed by atoms with van der Waals surface area (Å²) in [4.78, 5) is 0. The molecule has 0 bridgehead atoms. The van der Waals surface area contributed by atoms with Gasteiger partial charge in [-0.25, -0.2) is 5.14 Å². The Morgan fingerprint density at radius 2 is 2.18 bits per heavy atom. The average Bonchev–Trinajstić information content (AvgIpc) is 2.45. The number of nitrogens with zero attached hydrogens (tertiary/aromatic N) is 1. The second kappa shape index (κ2) is 9.04. The highest BCUT2D eigenvalue weighted by Crippen LogP contribution is 2.26. The van der Waals surface area contributed by atoms with Crippen molar-refractivity contribution in [1.29, 1.82) is 5.26 Å². The lowest BCUT2D eigenvalue weighted by Crippen LogP contribution is -2.22. The molecule has 1 aromatic rings. The van der Waals surface area contributed by atoms with E-state index in [1.54, 1.807) is 12.1 Å². The fourth-order valence-corrected chi connectivity index (χ4v) is 2.13. The summed E-state index contributed by atoms with van der Waals surface area (Å²) in [6.07, 6.45) is 4.82. The van der Waals surface area contributed by atoms with Crippen molar-refractivity contribution in [2.45, 2.75) is 13.3 Å². The summed E-state index contributed by atoms with van der Waals surface area (Å²) in [6, 6.07) is 6.53. The predicted octanol–water partition coefficient (Wildman–Crippen LogP) is 1.11. The Morgan fingerprint density at radius 1 is 1.41 bits per heavy atom. The molecule has 8 heteroatoms. The molecular weight excluding hydrogens is 304 g/mol. The van der Waals surface area contributed by atoms with Crippen molar-refractivity contribution in [2.24, 2.45) is 5.14 Å². The maximum Gasteiger partial charge on any atom is 0.296 e. The molecular formula is C14H20N4O3S. The molecule has 7 nitrogen and oxygen atoms in total. The molecule has 0 heterocycles. The van der Waals surface area contributed by atoms with Crippen LogP contribution in [0.3, 0.4) is 0 Å². The molecule has 0 aliphatic rings. The molecule has 0 saturated carbocycles. The van der Waals surface area contributed by atoms with E-state index in [2.05, 4.69) is 17.0 Å². The lowest BCUT2D eigenvalue weighted by molar-refractivity contribution is 0.361. The van der Waals surface area contributed by atoms with Crippen molar-refractivity contribution in [1.82, 2.24) is 5.32 Å². The number of nitrogens with one attached hydrogen (secondary N) is 2. The molecule has 0 aliphatic heterocycles. The van der Waals surface area contributed by atoms with Gasteiger partial charge in [0.15, 0.2) is 0 Å². The minimum absolute atomic E-state index is 0.0917. The van der Waals surface area contributed by atoms with E-state index >= 15 is 0 Å². The van der Waals surface area contributed by atoms with Crippen molar-refractivity contribution in [3.63, 3.8) is 0 Å². The highest BCUT2D eigenvalue weighted by atomic mass is 32.2. The van der Waals surface area contributed by atoms with Crippen LogP contribution in [0.4, 0.5) is 5.69 Å².